The molecule has 0 heterocycles. The summed E-state index contributed by atoms with van der Waals surface area (Å²) in [5.74, 6) is -1.73. The highest BCUT2D eigenvalue weighted by Gasteiger charge is 2.10. The van der Waals surface area contributed by atoms with E-state index in [0.717, 1.165) is 6.07 Å². The van der Waals surface area contributed by atoms with Crippen LogP contribution >= 0.6 is 0 Å². The van der Waals surface area contributed by atoms with Crippen molar-refractivity contribution in [3.8, 4) is 0 Å². The van der Waals surface area contributed by atoms with Gasteiger partial charge in [0, 0.05) is 0 Å². The lowest BCUT2D eigenvalue weighted by atomic mass is 10.1. The highest BCUT2D eigenvalue weighted by Crippen LogP contribution is 2.12. The van der Waals surface area contributed by atoms with Gasteiger partial charge in [0.15, 0.2) is 0 Å². The SMILES string of the molecule is C=CCOCc1ccc(F)cc1C(=O)O. The molecule has 0 saturated heterocycles. The third-order valence-electron chi connectivity index (χ3n) is 1.80. The highest BCUT2D eigenvalue weighted by molar-refractivity contribution is 5.89. The van der Waals surface area contributed by atoms with Crippen molar-refractivity contribution >= 4 is 5.97 Å². The molecule has 0 radical (unpaired) electrons. The summed E-state index contributed by atoms with van der Waals surface area (Å²) in [4.78, 5) is 10.8. The van der Waals surface area contributed by atoms with E-state index in [9.17, 15) is 9.18 Å². The molecular formula is C11H11FO3. The van der Waals surface area contributed by atoms with E-state index in [2.05, 4.69) is 6.58 Å². The van der Waals surface area contributed by atoms with Crippen LogP contribution in [0.2, 0.25) is 0 Å². The van der Waals surface area contributed by atoms with Gasteiger partial charge in [-0.3, -0.25) is 0 Å². The average molecular weight is 210 g/mol. The van der Waals surface area contributed by atoms with E-state index in [1.54, 1.807) is 6.08 Å². The largest absolute Gasteiger partial charge is 0.478 e. The molecule has 0 aliphatic carbocycles. The molecule has 0 amide bonds. The summed E-state index contributed by atoms with van der Waals surface area (Å²) in [5, 5.41) is 8.80. The van der Waals surface area contributed by atoms with E-state index in [1.165, 1.54) is 12.1 Å². The Labute approximate surface area is 86.8 Å². The monoisotopic (exact) mass is 210 g/mol. The van der Waals surface area contributed by atoms with Gasteiger partial charge in [0.1, 0.15) is 5.82 Å². The van der Waals surface area contributed by atoms with E-state index in [1.807, 2.05) is 0 Å². The number of carboxylic acid groups (broad SMARTS) is 1. The Morgan fingerprint density at radius 1 is 1.60 bits per heavy atom. The smallest absolute Gasteiger partial charge is 0.336 e. The summed E-state index contributed by atoms with van der Waals surface area (Å²) >= 11 is 0. The molecule has 1 aromatic carbocycles. The van der Waals surface area contributed by atoms with Crippen molar-refractivity contribution in [3.63, 3.8) is 0 Å². The molecule has 0 aromatic heterocycles. The van der Waals surface area contributed by atoms with E-state index in [-0.39, 0.29) is 12.2 Å². The minimum Gasteiger partial charge on any atom is -0.478 e. The molecule has 0 unspecified atom stereocenters. The van der Waals surface area contributed by atoms with Crippen LogP contribution in [-0.2, 0) is 11.3 Å². The fraction of sp³-hybridized carbons (Fsp3) is 0.182. The lowest BCUT2D eigenvalue weighted by Crippen LogP contribution is -2.05. The molecule has 4 heteroatoms. The first-order valence-electron chi connectivity index (χ1n) is 4.35. The second-order valence-electron chi connectivity index (χ2n) is 2.91. The van der Waals surface area contributed by atoms with Crippen LogP contribution in [0.1, 0.15) is 15.9 Å². The summed E-state index contributed by atoms with van der Waals surface area (Å²) in [7, 11) is 0. The maximum absolute atomic E-state index is 12.8. The molecule has 0 spiro atoms. The molecule has 1 N–H and O–H groups in total. The molecule has 15 heavy (non-hydrogen) atoms. The first kappa shape index (κ1) is 11.4. The Hall–Kier alpha value is -1.68. The maximum Gasteiger partial charge on any atom is 0.336 e. The Kier molecular flexibility index (Phi) is 4.00. The standard InChI is InChI=1S/C11H11FO3/c1-2-5-15-7-8-3-4-9(12)6-10(8)11(13)14/h2-4,6H,1,5,7H2,(H,13,14). The second-order valence-corrected chi connectivity index (χ2v) is 2.91. The number of carbonyl (C=O) groups is 1. The summed E-state index contributed by atoms with van der Waals surface area (Å²) in [6.45, 7) is 3.92. The van der Waals surface area contributed by atoms with Gasteiger partial charge in [-0.2, -0.15) is 0 Å². The normalized spacial score (nSPS) is 9.93. The van der Waals surface area contributed by atoms with E-state index < -0.39 is 11.8 Å². The van der Waals surface area contributed by atoms with Crippen LogP contribution in [0.3, 0.4) is 0 Å². The molecular weight excluding hydrogens is 199 g/mol. The summed E-state index contributed by atoms with van der Waals surface area (Å²) in [6, 6.07) is 3.59. The topological polar surface area (TPSA) is 46.5 Å². The van der Waals surface area contributed by atoms with Gasteiger partial charge in [-0.1, -0.05) is 12.1 Å². The van der Waals surface area contributed by atoms with Crippen molar-refractivity contribution < 1.29 is 19.0 Å². The molecule has 0 atom stereocenters. The molecule has 1 aromatic rings. The van der Waals surface area contributed by atoms with Crippen molar-refractivity contribution in [3.05, 3.63) is 47.8 Å². The molecule has 0 aliphatic heterocycles. The van der Waals surface area contributed by atoms with Crippen molar-refractivity contribution in [2.75, 3.05) is 6.61 Å². The molecule has 3 nitrogen and oxygen atoms in total. The number of rotatable bonds is 5. The summed E-state index contributed by atoms with van der Waals surface area (Å²) < 4.78 is 17.9. The van der Waals surface area contributed by atoms with Crippen LogP contribution in [-0.4, -0.2) is 17.7 Å². The van der Waals surface area contributed by atoms with Crippen LogP contribution in [0.15, 0.2) is 30.9 Å². The van der Waals surface area contributed by atoms with Crippen molar-refractivity contribution in [1.82, 2.24) is 0 Å². The third kappa shape index (κ3) is 3.18. The Balaban J connectivity index is 2.85. The highest BCUT2D eigenvalue weighted by atomic mass is 19.1. The zero-order valence-electron chi connectivity index (χ0n) is 8.07. The van der Waals surface area contributed by atoms with Crippen LogP contribution in [0.25, 0.3) is 0 Å². The predicted octanol–water partition coefficient (Wildman–Crippen LogP) is 2.23. The number of carboxylic acids is 1. The van der Waals surface area contributed by atoms with Crippen LogP contribution in [0.4, 0.5) is 4.39 Å². The lowest BCUT2D eigenvalue weighted by molar-refractivity contribution is 0.0689. The van der Waals surface area contributed by atoms with Gasteiger partial charge in [0.05, 0.1) is 18.8 Å². The van der Waals surface area contributed by atoms with Gasteiger partial charge in [0.2, 0.25) is 0 Å². The number of halogens is 1. The number of ether oxygens (including phenoxy) is 1. The fourth-order valence-corrected chi connectivity index (χ4v) is 1.13. The summed E-state index contributed by atoms with van der Waals surface area (Å²) in [6.07, 6.45) is 1.56. The second kappa shape index (κ2) is 5.26. The Morgan fingerprint density at radius 3 is 2.93 bits per heavy atom. The molecule has 0 saturated carbocycles. The minimum atomic E-state index is -1.16. The minimum absolute atomic E-state index is 0.0703. The number of hydrogen-bond acceptors (Lipinski definition) is 2. The van der Waals surface area contributed by atoms with Gasteiger partial charge < -0.3 is 9.84 Å². The van der Waals surface area contributed by atoms with E-state index >= 15 is 0 Å². The molecule has 0 bridgehead atoms. The first-order valence-corrected chi connectivity index (χ1v) is 4.35. The molecule has 1 rings (SSSR count). The number of benzene rings is 1. The summed E-state index contributed by atoms with van der Waals surface area (Å²) in [5.41, 5.74) is 0.379. The zero-order chi connectivity index (χ0) is 11.3. The van der Waals surface area contributed by atoms with Crippen molar-refractivity contribution in [2.45, 2.75) is 6.61 Å². The Bertz CT molecular complexity index is 374. The number of hydrogen-bond donors (Lipinski definition) is 1. The molecule has 80 valence electrons. The van der Waals surface area contributed by atoms with E-state index in [4.69, 9.17) is 9.84 Å². The average Bonchev–Trinajstić information content (AvgIpc) is 2.20. The lowest BCUT2D eigenvalue weighted by Gasteiger charge is -2.05. The molecule has 0 fully saturated rings. The van der Waals surface area contributed by atoms with Crippen molar-refractivity contribution in [1.29, 1.82) is 0 Å². The molecule has 0 aliphatic rings. The fourth-order valence-electron chi connectivity index (χ4n) is 1.13. The number of aromatic carboxylic acids is 1. The van der Waals surface area contributed by atoms with Crippen LogP contribution in [0.5, 0.6) is 0 Å². The van der Waals surface area contributed by atoms with Crippen molar-refractivity contribution in [2.24, 2.45) is 0 Å². The quantitative estimate of drug-likeness (QED) is 0.598. The predicted molar refractivity (Wildman–Crippen MR) is 53.2 cm³/mol. The van der Waals surface area contributed by atoms with Gasteiger partial charge >= 0.3 is 5.97 Å². The van der Waals surface area contributed by atoms with Crippen LogP contribution in [0, 0.1) is 5.82 Å². The Morgan fingerprint density at radius 2 is 2.33 bits per heavy atom. The first-order chi connectivity index (χ1) is 7.15. The van der Waals surface area contributed by atoms with Gasteiger partial charge in [0.25, 0.3) is 0 Å². The third-order valence-corrected chi connectivity index (χ3v) is 1.80. The van der Waals surface area contributed by atoms with E-state index in [0.29, 0.717) is 12.2 Å². The van der Waals surface area contributed by atoms with Gasteiger partial charge in [-0.25, -0.2) is 9.18 Å². The van der Waals surface area contributed by atoms with Gasteiger partial charge in [-0.15, -0.1) is 6.58 Å². The zero-order valence-corrected chi connectivity index (χ0v) is 8.07. The maximum atomic E-state index is 12.8. The van der Waals surface area contributed by atoms with Crippen LogP contribution < -0.4 is 0 Å². The van der Waals surface area contributed by atoms with Gasteiger partial charge in [-0.05, 0) is 17.7 Å².